The van der Waals surface area contributed by atoms with Crippen LogP contribution in [0.3, 0.4) is 0 Å². The highest BCUT2D eigenvalue weighted by atomic mass is 35.5. The minimum Gasteiger partial charge on any atom is -0.315 e. The van der Waals surface area contributed by atoms with Crippen LogP contribution in [0.15, 0.2) is 59.5 Å². The molecule has 3 nitrogen and oxygen atoms in total. The van der Waals surface area contributed by atoms with E-state index >= 15 is 0 Å². The summed E-state index contributed by atoms with van der Waals surface area (Å²) in [7, 11) is 0. The van der Waals surface area contributed by atoms with Gasteiger partial charge in [-0.1, -0.05) is 29.8 Å². The summed E-state index contributed by atoms with van der Waals surface area (Å²) in [4.78, 5) is 11.9. The molecule has 3 aromatic rings. The Bertz CT molecular complexity index is 906. The standard InChI is InChI=1S/C16H9ClN2O/c17-13-5-3-7-15(12(13)10-18)19-9-8-16(20)11-4-1-2-6-14(11)19/h1-9H. The Morgan fingerprint density at radius 3 is 2.65 bits per heavy atom. The number of rotatable bonds is 1. The van der Waals surface area contributed by atoms with Crippen LogP contribution >= 0.6 is 11.6 Å². The molecule has 1 aromatic heterocycles. The van der Waals surface area contributed by atoms with Crippen LogP contribution < -0.4 is 5.43 Å². The van der Waals surface area contributed by atoms with E-state index < -0.39 is 0 Å². The summed E-state index contributed by atoms with van der Waals surface area (Å²) in [5.74, 6) is 0. The third-order valence-corrected chi connectivity index (χ3v) is 3.48. The van der Waals surface area contributed by atoms with Gasteiger partial charge in [-0.25, -0.2) is 0 Å². The van der Waals surface area contributed by atoms with E-state index in [4.69, 9.17) is 11.6 Å². The van der Waals surface area contributed by atoms with Gasteiger partial charge in [-0.3, -0.25) is 4.79 Å². The van der Waals surface area contributed by atoms with Crippen LogP contribution in [0.4, 0.5) is 0 Å². The van der Waals surface area contributed by atoms with E-state index in [1.54, 1.807) is 35.0 Å². The summed E-state index contributed by atoms with van der Waals surface area (Å²) < 4.78 is 1.81. The van der Waals surface area contributed by atoms with Crippen LogP contribution in [0, 0.1) is 11.3 Å². The monoisotopic (exact) mass is 280 g/mol. The molecule has 0 N–H and O–H groups in total. The summed E-state index contributed by atoms with van der Waals surface area (Å²) in [5, 5.41) is 10.3. The lowest BCUT2D eigenvalue weighted by Gasteiger charge is -2.12. The highest BCUT2D eigenvalue weighted by Gasteiger charge is 2.10. The van der Waals surface area contributed by atoms with Gasteiger partial charge in [0.05, 0.1) is 21.8 Å². The van der Waals surface area contributed by atoms with Crippen LogP contribution in [0.1, 0.15) is 5.56 Å². The molecule has 0 radical (unpaired) electrons. The number of hydrogen-bond donors (Lipinski definition) is 0. The minimum absolute atomic E-state index is 0.0441. The first kappa shape index (κ1) is 12.5. The molecule has 0 unspecified atom stereocenters. The fourth-order valence-corrected chi connectivity index (χ4v) is 2.45. The van der Waals surface area contributed by atoms with Gasteiger partial charge in [0.2, 0.25) is 0 Å². The molecule has 96 valence electrons. The number of pyridine rings is 1. The van der Waals surface area contributed by atoms with Gasteiger partial charge in [-0.05, 0) is 24.3 Å². The van der Waals surface area contributed by atoms with Crippen molar-refractivity contribution in [2.75, 3.05) is 0 Å². The van der Waals surface area contributed by atoms with E-state index in [-0.39, 0.29) is 5.43 Å². The Morgan fingerprint density at radius 2 is 1.85 bits per heavy atom. The van der Waals surface area contributed by atoms with Crippen LogP contribution in [0.5, 0.6) is 0 Å². The molecule has 20 heavy (non-hydrogen) atoms. The molecule has 0 saturated heterocycles. The van der Waals surface area contributed by atoms with Crippen molar-refractivity contribution in [1.29, 1.82) is 5.26 Å². The van der Waals surface area contributed by atoms with E-state index in [9.17, 15) is 10.1 Å². The van der Waals surface area contributed by atoms with Gasteiger partial charge in [0.25, 0.3) is 0 Å². The fourth-order valence-electron chi connectivity index (χ4n) is 2.24. The van der Waals surface area contributed by atoms with Crippen molar-refractivity contribution in [3.8, 4) is 11.8 Å². The second kappa shape index (κ2) is 4.84. The van der Waals surface area contributed by atoms with Crippen LogP contribution in [0.25, 0.3) is 16.6 Å². The number of hydrogen-bond acceptors (Lipinski definition) is 2. The maximum Gasteiger partial charge on any atom is 0.189 e. The Kier molecular flexibility index (Phi) is 3.02. The van der Waals surface area contributed by atoms with E-state index in [2.05, 4.69) is 6.07 Å². The number of aromatic nitrogens is 1. The molecule has 0 aliphatic heterocycles. The first-order valence-electron chi connectivity index (χ1n) is 6.02. The maximum absolute atomic E-state index is 11.9. The van der Waals surface area contributed by atoms with Crippen molar-refractivity contribution in [2.24, 2.45) is 0 Å². The van der Waals surface area contributed by atoms with Gasteiger partial charge in [0, 0.05) is 17.6 Å². The second-order valence-corrected chi connectivity index (χ2v) is 4.72. The molecule has 0 amide bonds. The Morgan fingerprint density at radius 1 is 1.05 bits per heavy atom. The molecular formula is C16H9ClN2O. The zero-order chi connectivity index (χ0) is 14.1. The second-order valence-electron chi connectivity index (χ2n) is 4.31. The topological polar surface area (TPSA) is 45.8 Å². The molecule has 0 saturated carbocycles. The summed E-state index contributed by atoms with van der Waals surface area (Å²) >= 11 is 6.06. The first-order chi connectivity index (χ1) is 9.72. The molecule has 0 bridgehead atoms. The Balaban J connectivity index is 2.43. The number of fused-ring (bicyclic) bond motifs is 1. The van der Waals surface area contributed by atoms with E-state index in [1.807, 2.05) is 18.2 Å². The van der Waals surface area contributed by atoms with Crippen molar-refractivity contribution in [3.05, 3.63) is 75.5 Å². The van der Waals surface area contributed by atoms with Crippen LogP contribution in [-0.4, -0.2) is 4.57 Å². The number of halogens is 1. The lowest BCUT2D eigenvalue weighted by molar-refractivity contribution is 1.09. The van der Waals surface area contributed by atoms with Crippen molar-refractivity contribution < 1.29 is 0 Å². The molecule has 0 aliphatic rings. The summed E-state index contributed by atoms with van der Waals surface area (Å²) in [6, 6.07) is 16.2. The number of benzene rings is 2. The van der Waals surface area contributed by atoms with Gasteiger partial charge in [-0.15, -0.1) is 0 Å². The van der Waals surface area contributed by atoms with Gasteiger partial charge in [0.1, 0.15) is 6.07 Å². The Hall–Kier alpha value is -2.57. The SMILES string of the molecule is N#Cc1c(Cl)cccc1-n1ccc(=O)c2ccccc21. The van der Waals surface area contributed by atoms with Gasteiger partial charge in [-0.2, -0.15) is 5.26 Å². The molecule has 0 spiro atoms. The average Bonchev–Trinajstić information content (AvgIpc) is 2.48. The fraction of sp³-hybridized carbons (Fsp3) is 0. The van der Waals surface area contributed by atoms with Gasteiger partial charge >= 0.3 is 0 Å². The molecular weight excluding hydrogens is 272 g/mol. The molecule has 0 aliphatic carbocycles. The zero-order valence-electron chi connectivity index (χ0n) is 10.4. The lowest BCUT2D eigenvalue weighted by Crippen LogP contribution is -2.07. The summed E-state index contributed by atoms with van der Waals surface area (Å²) in [5.41, 5.74) is 1.76. The predicted molar refractivity (Wildman–Crippen MR) is 79.3 cm³/mol. The predicted octanol–water partition coefficient (Wildman–Crippen LogP) is 3.52. The highest BCUT2D eigenvalue weighted by Crippen LogP contribution is 2.24. The van der Waals surface area contributed by atoms with E-state index in [0.29, 0.717) is 21.7 Å². The van der Waals surface area contributed by atoms with Gasteiger partial charge in [0.15, 0.2) is 5.43 Å². The summed E-state index contributed by atoms with van der Waals surface area (Å²) in [6.07, 6.45) is 1.66. The lowest BCUT2D eigenvalue weighted by atomic mass is 10.1. The van der Waals surface area contributed by atoms with Crippen LogP contribution in [0.2, 0.25) is 5.02 Å². The molecule has 1 heterocycles. The molecule has 0 atom stereocenters. The molecule has 0 fully saturated rings. The number of nitriles is 1. The third-order valence-electron chi connectivity index (χ3n) is 3.17. The number of nitrogens with zero attached hydrogens (tertiary/aromatic N) is 2. The zero-order valence-corrected chi connectivity index (χ0v) is 11.1. The van der Waals surface area contributed by atoms with Crippen molar-refractivity contribution in [2.45, 2.75) is 0 Å². The maximum atomic E-state index is 11.9. The van der Waals surface area contributed by atoms with E-state index in [0.717, 1.165) is 5.52 Å². The van der Waals surface area contributed by atoms with Crippen LogP contribution in [-0.2, 0) is 0 Å². The highest BCUT2D eigenvalue weighted by molar-refractivity contribution is 6.32. The number of para-hydroxylation sites is 1. The van der Waals surface area contributed by atoms with Gasteiger partial charge < -0.3 is 4.57 Å². The smallest absolute Gasteiger partial charge is 0.189 e. The van der Waals surface area contributed by atoms with Crippen molar-refractivity contribution in [1.82, 2.24) is 4.57 Å². The molecule has 3 rings (SSSR count). The quantitative estimate of drug-likeness (QED) is 0.685. The third kappa shape index (κ3) is 1.87. The normalized spacial score (nSPS) is 10.4. The van der Waals surface area contributed by atoms with Crippen molar-refractivity contribution >= 4 is 22.5 Å². The first-order valence-corrected chi connectivity index (χ1v) is 6.39. The summed E-state index contributed by atoms with van der Waals surface area (Å²) in [6.45, 7) is 0. The Labute approximate surface area is 120 Å². The average molecular weight is 281 g/mol. The minimum atomic E-state index is -0.0441. The molecule has 2 aromatic carbocycles. The van der Waals surface area contributed by atoms with Crippen molar-refractivity contribution in [3.63, 3.8) is 0 Å². The van der Waals surface area contributed by atoms with E-state index in [1.165, 1.54) is 6.07 Å². The largest absolute Gasteiger partial charge is 0.315 e. The molecule has 4 heteroatoms.